The minimum atomic E-state index is -1.62. The smallest absolute Gasteiger partial charge is 0.402 e. The van der Waals surface area contributed by atoms with Gasteiger partial charge in [-0.3, -0.25) is 0 Å². The molecule has 1 rings (SSSR count). The van der Waals surface area contributed by atoms with Gasteiger partial charge in [0.2, 0.25) is 0 Å². The average molecular weight is 295 g/mol. The lowest BCUT2D eigenvalue weighted by atomic mass is 10.0. The van der Waals surface area contributed by atoms with Crippen molar-refractivity contribution in [3.05, 3.63) is 18.2 Å². The minimum absolute atomic E-state index is 0.0402. The molecule has 0 fully saturated rings. The van der Waals surface area contributed by atoms with Gasteiger partial charge < -0.3 is 19.3 Å². The Hall–Kier alpha value is -1.36. The molecule has 0 aliphatic carbocycles. The zero-order valence-corrected chi connectivity index (χ0v) is 13.2. The molecule has 1 unspecified atom stereocenters. The van der Waals surface area contributed by atoms with E-state index in [0.717, 1.165) is 18.7 Å². The predicted octanol–water partition coefficient (Wildman–Crippen LogP) is 1.99. The zero-order chi connectivity index (χ0) is 16.1. The summed E-state index contributed by atoms with van der Waals surface area (Å²) in [6.07, 6.45) is 10.8. The number of nitriles is 1. The van der Waals surface area contributed by atoms with Crippen molar-refractivity contribution >= 4 is 7.32 Å². The first kappa shape index (κ1) is 19.6. The first-order valence-corrected chi connectivity index (χ1v) is 7.32. The quantitative estimate of drug-likeness (QED) is 0.565. The Morgan fingerprint density at radius 2 is 2.00 bits per heavy atom. The molecular formula is C14H26BN3O3. The monoisotopic (exact) mass is 295 g/mol. The van der Waals surface area contributed by atoms with Gasteiger partial charge in [0.25, 0.3) is 0 Å². The van der Waals surface area contributed by atoms with Crippen molar-refractivity contribution in [2.45, 2.75) is 51.4 Å². The third kappa shape index (κ3) is 9.24. The lowest BCUT2D eigenvalue weighted by Crippen LogP contribution is -2.12. The topological polar surface area (TPSA) is 91.3 Å². The SMILES string of the molecule is CCCCCCCC(C#N)c1nccn1C.COB(O)O. The van der Waals surface area contributed by atoms with Crippen LogP contribution in [0.4, 0.5) is 0 Å². The van der Waals surface area contributed by atoms with Gasteiger partial charge in [0, 0.05) is 26.6 Å². The zero-order valence-electron chi connectivity index (χ0n) is 13.2. The van der Waals surface area contributed by atoms with Gasteiger partial charge in [-0.15, -0.1) is 0 Å². The van der Waals surface area contributed by atoms with Crippen molar-refractivity contribution in [2.24, 2.45) is 7.05 Å². The molecule has 0 bridgehead atoms. The highest BCUT2D eigenvalue weighted by atomic mass is 16.6. The van der Waals surface area contributed by atoms with Crippen LogP contribution in [0, 0.1) is 11.3 Å². The van der Waals surface area contributed by atoms with Gasteiger partial charge in [0.15, 0.2) is 0 Å². The third-order valence-electron chi connectivity index (χ3n) is 3.13. The van der Waals surface area contributed by atoms with E-state index in [4.69, 9.17) is 15.3 Å². The second-order valence-electron chi connectivity index (χ2n) is 4.84. The van der Waals surface area contributed by atoms with E-state index >= 15 is 0 Å². The van der Waals surface area contributed by atoms with Crippen LogP contribution >= 0.6 is 0 Å². The summed E-state index contributed by atoms with van der Waals surface area (Å²) >= 11 is 0. The molecule has 21 heavy (non-hydrogen) atoms. The van der Waals surface area contributed by atoms with Crippen molar-refractivity contribution in [1.82, 2.24) is 9.55 Å². The lowest BCUT2D eigenvalue weighted by molar-refractivity contribution is 0.229. The maximum Gasteiger partial charge on any atom is 0.633 e. The fraction of sp³-hybridized carbons (Fsp3) is 0.714. The number of aryl methyl sites for hydroxylation is 1. The summed E-state index contributed by atoms with van der Waals surface area (Å²) < 4.78 is 5.81. The summed E-state index contributed by atoms with van der Waals surface area (Å²) in [4.78, 5) is 4.24. The second kappa shape index (κ2) is 12.4. The molecule has 1 aromatic heterocycles. The number of unbranched alkanes of at least 4 members (excludes halogenated alkanes) is 4. The van der Waals surface area contributed by atoms with E-state index in [-0.39, 0.29) is 5.92 Å². The number of hydrogen-bond acceptors (Lipinski definition) is 5. The summed E-state index contributed by atoms with van der Waals surface area (Å²) in [6, 6.07) is 2.35. The van der Waals surface area contributed by atoms with Crippen molar-refractivity contribution < 1.29 is 14.7 Å². The Morgan fingerprint density at radius 3 is 2.43 bits per heavy atom. The Kier molecular flexibility index (Phi) is 11.6. The van der Waals surface area contributed by atoms with Gasteiger partial charge in [-0.2, -0.15) is 5.26 Å². The highest BCUT2D eigenvalue weighted by molar-refractivity contribution is 6.32. The Morgan fingerprint density at radius 1 is 1.38 bits per heavy atom. The average Bonchev–Trinajstić information content (AvgIpc) is 2.90. The maximum absolute atomic E-state index is 9.12. The fourth-order valence-electron chi connectivity index (χ4n) is 1.92. The summed E-state index contributed by atoms with van der Waals surface area (Å²) in [5.74, 6) is 0.861. The van der Waals surface area contributed by atoms with Crippen molar-refractivity contribution in [3.63, 3.8) is 0 Å². The number of hydrogen-bond donors (Lipinski definition) is 2. The second-order valence-corrected chi connectivity index (χ2v) is 4.84. The van der Waals surface area contributed by atoms with Crippen LogP contribution < -0.4 is 0 Å². The summed E-state index contributed by atoms with van der Waals surface area (Å²) in [6.45, 7) is 2.21. The highest BCUT2D eigenvalue weighted by Gasteiger charge is 2.14. The molecule has 0 radical (unpaired) electrons. The predicted molar refractivity (Wildman–Crippen MR) is 82.1 cm³/mol. The molecule has 1 atom stereocenters. The van der Waals surface area contributed by atoms with Gasteiger partial charge in [-0.05, 0) is 6.42 Å². The van der Waals surface area contributed by atoms with Crippen LogP contribution in [-0.2, 0) is 11.7 Å². The lowest BCUT2D eigenvalue weighted by Gasteiger charge is -2.08. The summed E-state index contributed by atoms with van der Waals surface area (Å²) in [5, 5.41) is 24.5. The Labute approximate surface area is 127 Å². The van der Waals surface area contributed by atoms with Crippen LogP contribution in [0.25, 0.3) is 0 Å². The van der Waals surface area contributed by atoms with Gasteiger partial charge in [0.05, 0.1) is 6.07 Å². The highest BCUT2D eigenvalue weighted by Crippen LogP contribution is 2.20. The van der Waals surface area contributed by atoms with Gasteiger partial charge >= 0.3 is 7.32 Å². The van der Waals surface area contributed by atoms with Crippen LogP contribution in [0.2, 0.25) is 0 Å². The van der Waals surface area contributed by atoms with Crippen molar-refractivity contribution in [3.8, 4) is 6.07 Å². The first-order valence-electron chi connectivity index (χ1n) is 7.32. The van der Waals surface area contributed by atoms with Crippen molar-refractivity contribution in [2.75, 3.05) is 7.11 Å². The van der Waals surface area contributed by atoms with Crippen LogP contribution in [0.5, 0.6) is 0 Å². The minimum Gasteiger partial charge on any atom is -0.402 e. The summed E-state index contributed by atoms with van der Waals surface area (Å²) in [7, 11) is 1.53. The number of aromatic nitrogens is 2. The molecule has 0 saturated carbocycles. The molecule has 6 nitrogen and oxygen atoms in total. The first-order chi connectivity index (χ1) is 10.1. The van der Waals surface area contributed by atoms with Crippen LogP contribution in [0.3, 0.4) is 0 Å². The molecular weight excluding hydrogens is 269 g/mol. The fourth-order valence-corrected chi connectivity index (χ4v) is 1.92. The van der Waals surface area contributed by atoms with Gasteiger partial charge in [0.1, 0.15) is 11.7 Å². The van der Waals surface area contributed by atoms with E-state index in [0.29, 0.717) is 0 Å². The molecule has 1 heterocycles. The van der Waals surface area contributed by atoms with Crippen LogP contribution in [-0.4, -0.2) is 34.0 Å². The molecule has 2 N–H and O–H groups in total. The molecule has 1 aromatic rings. The van der Waals surface area contributed by atoms with E-state index in [1.807, 2.05) is 17.8 Å². The number of nitrogens with zero attached hydrogens (tertiary/aromatic N) is 3. The Bertz CT molecular complexity index is 404. The van der Waals surface area contributed by atoms with E-state index in [9.17, 15) is 0 Å². The molecule has 0 spiro atoms. The molecule has 0 aromatic carbocycles. The maximum atomic E-state index is 9.12. The molecule has 0 saturated heterocycles. The van der Waals surface area contributed by atoms with E-state index < -0.39 is 7.32 Å². The molecule has 7 heteroatoms. The van der Waals surface area contributed by atoms with E-state index in [1.165, 1.54) is 32.8 Å². The van der Waals surface area contributed by atoms with Gasteiger partial charge in [-0.25, -0.2) is 4.98 Å². The molecule has 0 aliphatic rings. The largest absolute Gasteiger partial charge is 0.633 e. The van der Waals surface area contributed by atoms with E-state index in [1.54, 1.807) is 6.20 Å². The molecule has 0 aliphatic heterocycles. The number of rotatable bonds is 8. The van der Waals surface area contributed by atoms with Crippen LogP contribution in [0.1, 0.15) is 57.2 Å². The summed E-state index contributed by atoms with van der Waals surface area (Å²) in [5.41, 5.74) is 0. The number of imidazole rings is 1. The third-order valence-corrected chi connectivity index (χ3v) is 3.13. The molecule has 0 amide bonds. The van der Waals surface area contributed by atoms with Crippen LogP contribution in [0.15, 0.2) is 12.4 Å². The normalized spacial score (nSPS) is 11.2. The Balaban J connectivity index is 0.000000690. The standard InChI is InChI=1S/C13H21N3.CH5BO3/c1-3-4-5-6-7-8-12(11-14)13-15-9-10-16(13)2;1-5-2(3)4/h9-10,12H,3-8H2,1-2H3;3-4H,1H3. The van der Waals surface area contributed by atoms with Crippen molar-refractivity contribution in [1.29, 1.82) is 5.26 Å². The molecule has 118 valence electrons. The van der Waals surface area contributed by atoms with E-state index in [2.05, 4.69) is 22.6 Å². The van der Waals surface area contributed by atoms with Gasteiger partial charge in [-0.1, -0.05) is 39.0 Å².